The zero-order chi connectivity index (χ0) is 22.2. The fourth-order valence-electron chi connectivity index (χ4n) is 3.82. The summed E-state index contributed by atoms with van der Waals surface area (Å²) < 4.78 is 46.7. The third kappa shape index (κ3) is 4.40. The van der Waals surface area contributed by atoms with Crippen LogP contribution < -0.4 is 15.4 Å². The van der Waals surface area contributed by atoms with Gasteiger partial charge in [-0.2, -0.15) is 4.31 Å². The van der Waals surface area contributed by atoms with Crippen molar-refractivity contribution in [1.29, 1.82) is 0 Å². The molecule has 31 heavy (non-hydrogen) atoms. The summed E-state index contributed by atoms with van der Waals surface area (Å²) in [4.78, 5) is 24.2. The minimum Gasteiger partial charge on any atom is -0.482 e. The van der Waals surface area contributed by atoms with Gasteiger partial charge in [0.15, 0.2) is 6.61 Å². The Morgan fingerprint density at radius 2 is 2.10 bits per heavy atom. The highest BCUT2D eigenvalue weighted by molar-refractivity contribution is 7.89. The molecule has 2 aromatic carbocycles. The number of piperidine rings is 1. The molecule has 0 radical (unpaired) electrons. The summed E-state index contributed by atoms with van der Waals surface area (Å²) in [6, 6.07) is 8.54. The molecule has 164 valence electrons. The van der Waals surface area contributed by atoms with E-state index in [-0.39, 0.29) is 29.9 Å². The van der Waals surface area contributed by atoms with Crippen molar-refractivity contribution in [3.05, 3.63) is 47.8 Å². The van der Waals surface area contributed by atoms with Crippen molar-refractivity contribution in [2.45, 2.75) is 24.7 Å². The number of carbonyl (C=O) groups excluding carboxylic acids is 2. The fourth-order valence-corrected chi connectivity index (χ4v) is 5.56. The molecule has 1 atom stereocenters. The second-order valence-electron chi connectivity index (χ2n) is 7.65. The van der Waals surface area contributed by atoms with E-state index in [0.29, 0.717) is 42.1 Å². The Hall–Kier alpha value is -2.98. The molecule has 0 aromatic heterocycles. The van der Waals surface area contributed by atoms with Crippen LogP contribution in [0.4, 0.5) is 15.8 Å². The molecule has 0 bridgehead atoms. The van der Waals surface area contributed by atoms with Crippen LogP contribution in [0.5, 0.6) is 5.75 Å². The van der Waals surface area contributed by atoms with Gasteiger partial charge in [-0.15, -0.1) is 0 Å². The molecule has 2 aromatic rings. The normalized spacial score (nSPS) is 19.2. The molecule has 2 aliphatic heterocycles. The molecule has 1 saturated heterocycles. The van der Waals surface area contributed by atoms with Crippen molar-refractivity contribution >= 4 is 33.2 Å². The molecular formula is C21H22FN3O5S. The minimum absolute atomic E-state index is 0.0254. The van der Waals surface area contributed by atoms with Gasteiger partial charge < -0.3 is 15.4 Å². The minimum atomic E-state index is -3.89. The van der Waals surface area contributed by atoms with E-state index in [9.17, 15) is 22.4 Å². The lowest BCUT2D eigenvalue weighted by molar-refractivity contribution is -0.121. The van der Waals surface area contributed by atoms with Crippen LogP contribution in [-0.4, -0.2) is 44.2 Å². The first kappa shape index (κ1) is 21.3. The summed E-state index contributed by atoms with van der Waals surface area (Å²) in [5.41, 5.74) is 1.23. The lowest BCUT2D eigenvalue weighted by Gasteiger charge is -2.32. The summed E-state index contributed by atoms with van der Waals surface area (Å²) in [6.45, 7) is 1.78. The van der Waals surface area contributed by atoms with Crippen molar-refractivity contribution < 1.29 is 27.1 Å². The maximum absolute atomic E-state index is 13.4. The van der Waals surface area contributed by atoms with Crippen molar-refractivity contribution in [1.82, 2.24) is 4.31 Å². The number of anilines is 2. The van der Waals surface area contributed by atoms with Gasteiger partial charge in [0, 0.05) is 24.8 Å². The average molecular weight is 447 g/mol. The number of hydrogen-bond donors (Lipinski definition) is 2. The number of ether oxygens (including phenoxy) is 1. The lowest BCUT2D eigenvalue weighted by atomic mass is 9.99. The predicted octanol–water partition coefficient (Wildman–Crippen LogP) is 2.50. The number of rotatable bonds is 4. The highest BCUT2D eigenvalue weighted by Gasteiger charge is 2.35. The number of fused-ring (bicyclic) bond motifs is 1. The van der Waals surface area contributed by atoms with E-state index in [2.05, 4.69) is 10.6 Å². The predicted molar refractivity (Wildman–Crippen MR) is 112 cm³/mol. The molecule has 0 aliphatic carbocycles. The molecule has 1 fully saturated rings. The third-order valence-corrected chi connectivity index (χ3v) is 7.38. The maximum atomic E-state index is 13.4. The number of amides is 2. The number of hydrogen-bond acceptors (Lipinski definition) is 5. The van der Waals surface area contributed by atoms with Gasteiger partial charge in [-0.3, -0.25) is 9.59 Å². The Balaban J connectivity index is 1.53. The number of carbonyl (C=O) groups is 2. The molecule has 4 rings (SSSR count). The quantitative estimate of drug-likeness (QED) is 0.749. The number of nitrogens with zero attached hydrogens (tertiary/aromatic N) is 1. The molecule has 10 heteroatoms. The first-order chi connectivity index (χ1) is 14.7. The molecule has 2 heterocycles. The van der Waals surface area contributed by atoms with Crippen molar-refractivity contribution in [3.8, 4) is 5.75 Å². The Bertz CT molecular complexity index is 1150. The van der Waals surface area contributed by atoms with Gasteiger partial charge in [0.1, 0.15) is 11.6 Å². The lowest BCUT2D eigenvalue weighted by Crippen LogP contribution is -2.43. The Kier molecular flexibility index (Phi) is 5.67. The second-order valence-corrected chi connectivity index (χ2v) is 9.56. The first-order valence-electron chi connectivity index (χ1n) is 9.88. The van der Waals surface area contributed by atoms with Gasteiger partial charge in [0.25, 0.3) is 5.91 Å². The van der Waals surface area contributed by atoms with E-state index in [1.54, 1.807) is 19.1 Å². The van der Waals surface area contributed by atoms with Gasteiger partial charge in [-0.1, -0.05) is 6.07 Å². The Labute approximate surface area is 179 Å². The topological polar surface area (TPSA) is 105 Å². The van der Waals surface area contributed by atoms with E-state index in [1.165, 1.54) is 28.6 Å². The van der Waals surface area contributed by atoms with E-state index >= 15 is 0 Å². The summed E-state index contributed by atoms with van der Waals surface area (Å²) in [5.74, 6) is -1.38. The van der Waals surface area contributed by atoms with E-state index in [4.69, 9.17) is 4.74 Å². The first-order valence-corrected chi connectivity index (χ1v) is 11.3. The standard InChI is InChI=1S/C21H22FN3O5S/c1-13-8-17-18(30-12-20(26)24-17)10-19(13)31(28,29)25-7-3-4-14(11-25)21(27)23-16-6-2-5-15(22)9-16/h2,5-6,8-10,14H,3-4,7,11-12H2,1H3,(H,23,27)(H,24,26)/t14-/m1/s1. The zero-order valence-corrected chi connectivity index (χ0v) is 17.7. The monoisotopic (exact) mass is 447 g/mol. The molecule has 0 spiro atoms. The number of halogens is 1. The van der Waals surface area contributed by atoms with E-state index < -0.39 is 21.8 Å². The van der Waals surface area contributed by atoms with Crippen molar-refractivity contribution in [2.24, 2.45) is 5.92 Å². The maximum Gasteiger partial charge on any atom is 0.262 e. The molecule has 0 unspecified atom stereocenters. The summed E-state index contributed by atoms with van der Waals surface area (Å²) in [6.07, 6.45) is 1.06. The molecule has 2 amide bonds. The smallest absolute Gasteiger partial charge is 0.262 e. The highest BCUT2D eigenvalue weighted by Crippen LogP contribution is 2.35. The third-order valence-electron chi connectivity index (χ3n) is 5.37. The van der Waals surface area contributed by atoms with Crippen molar-refractivity contribution in [2.75, 3.05) is 30.3 Å². The van der Waals surface area contributed by atoms with Crippen LogP contribution in [0.15, 0.2) is 41.3 Å². The number of nitrogens with one attached hydrogen (secondary N) is 2. The van der Waals surface area contributed by atoms with Crippen LogP contribution in [-0.2, 0) is 19.6 Å². The van der Waals surface area contributed by atoms with Crippen LogP contribution in [0.2, 0.25) is 0 Å². The van der Waals surface area contributed by atoms with Gasteiger partial charge in [-0.25, -0.2) is 12.8 Å². The number of benzene rings is 2. The molecule has 2 N–H and O–H groups in total. The van der Waals surface area contributed by atoms with Crippen LogP contribution >= 0.6 is 0 Å². The fraction of sp³-hybridized carbons (Fsp3) is 0.333. The van der Waals surface area contributed by atoms with Gasteiger partial charge >= 0.3 is 0 Å². The molecule has 8 nitrogen and oxygen atoms in total. The molecule has 2 aliphatic rings. The second kappa shape index (κ2) is 8.27. The molecule has 0 saturated carbocycles. The van der Waals surface area contributed by atoms with Gasteiger partial charge in [-0.05, 0) is 49.6 Å². The number of sulfonamides is 1. The summed E-state index contributed by atoms with van der Waals surface area (Å²) in [7, 11) is -3.89. The zero-order valence-electron chi connectivity index (χ0n) is 16.9. The van der Waals surface area contributed by atoms with Gasteiger partial charge in [0.05, 0.1) is 16.5 Å². The van der Waals surface area contributed by atoms with E-state index in [0.717, 1.165) is 0 Å². The van der Waals surface area contributed by atoms with Crippen LogP contribution in [0, 0.1) is 18.7 Å². The SMILES string of the molecule is Cc1cc2c(cc1S(=O)(=O)N1CCC[C@@H](C(=O)Nc3cccc(F)c3)C1)OCC(=O)N2. The van der Waals surface area contributed by atoms with Crippen LogP contribution in [0.1, 0.15) is 18.4 Å². The largest absolute Gasteiger partial charge is 0.482 e. The Morgan fingerprint density at radius 3 is 2.87 bits per heavy atom. The summed E-state index contributed by atoms with van der Waals surface area (Å²) in [5, 5.41) is 5.32. The van der Waals surface area contributed by atoms with Crippen LogP contribution in [0.25, 0.3) is 0 Å². The highest BCUT2D eigenvalue weighted by atomic mass is 32.2. The molecular weight excluding hydrogens is 425 g/mol. The van der Waals surface area contributed by atoms with E-state index in [1.807, 2.05) is 0 Å². The number of aryl methyl sites for hydroxylation is 1. The van der Waals surface area contributed by atoms with Crippen molar-refractivity contribution in [3.63, 3.8) is 0 Å². The Morgan fingerprint density at radius 1 is 1.29 bits per heavy atom. The van der Waals surface area contributed by atoms with Gasteiger partial charge in [0.2, 0.25) is 15.9 Å². The average Bonchev–Trinajstić information content (AvgIpc) is 2.73. The van der Waals surface area contributed by atoms with Crippen LogP contribution in [0.3, 0.4) is 0 Å². The summed E-state index contributed by atoms with van der Waals surface area (Å²) >= 11 is 0.